The number of carbonyl (C=O) groups excluding carboxylic acids is 1. The first-order chi connectivity index (χ1) is 9.09. The number of amides is 1. The molecule has 0 aliphatic carbocycles. The molecule has 19 heavy (non-hydrogen) atoms. The van der Waals surface area contributed by atoms with Gasteiger partial charge in [0.05, 0.1) is 5.39 Å². The third-order valence-corrected chi connectivity index (χ3v) is 2.70. The van der Waals surface area contributed by atoms with Gasteiger partial charge in [-0.2, -0.15) is 0 Å². The molecule has 0 radical (unpaired) electrons. The lowest BCUT2D eigenvalue weighted by Gasteiger charge is -2.11. The van der Waals surface area contributed by atoms with Crippen LogP contribution in [0.2, 0.25) is 0 Å². The summed E-state index contributed by atoms with van der Waals surface area (Å²) in [4.78, 5) is 14.9. The average Bonchev–Trinajstić information content (AvgIpc) is 2.39. The molecule has 6 heteroatoms. The highest BCUT2D eigenvalue weighted by molar-refractivity contribution is 6.01. The fraction of sp³-hybridized carbons (Fsp3) is 0.231. The van der Waals surface area contributed by atoms with Gasteiger partial charge in [-0.3, -0.25) is 4.79 Å². The minimum atomic E-state index is -0.337. The van der Waals surface area contributed by atoms with E-state index in [1.807, 2.05) is 0 Å². The number of halogens is 1. The van der Waals surface area contributed by atoms with Gasteiger partial charge in [0.15, 0.2) is 0 Å². The Morgan fingerprint density at radius 2 is 2.16 bits per heavy atom. The van der Waals surface area contributed by atoms with Gasteiger partial charge < -0.3 is 16.4 Å². The quantitative estimate of drug-likeness (QED) is 0.576. The largest absolute Gasteiger partial charge is 0.398 e. The van der Waals surface area contributed by atoms with Gasteiger partial charge in [-0.1, -0.05) is 0 Å². The second-order valence-corrected chi connectivity index (χ2v) is 4.13. The molecule has 0 saturated heterocycles. The van der Waals surface area contributed by atoms with Gasteiger partial charge in [0.25, 0.3) is 0 Å². The SMILES string of the molecule is CC(=O)NCCNc1nccc2c(F)ccc(N)c12. The maximum absolute atomic E-state index is 13.7. The van der Waals surface area contributed by atoms with Gasteiger partial charge in [-0.25, -0.2) is 9.37 Å². The van der Waals surface area contributed by atoms with E-state index in [0.29, 0.717) is 35.4 Å². The van der Waals surface area contributed by atoms with E-state index >= 15 is 0 Å². The molecule has 1 aromatic carbocycles. The van der Waals surface area contributed by atoms with Crippen molar-refractivity contribution in [1.82, 2.24) is 10.3 Å². The molecule has 1 amide bonds. The predicted octanol–water partition coefficient (Wildman–Crippen LogP) is 1.50. The lowest BCUT2D eigenvalue weighted by Crippen LogP contribution is -2.26. The molecule has 2 aromatic rings. The number of nitrogen functional groups attached to an aromatic ring is 1. The number of carbonyl (C=O) groups is 1. The number of aromatic nitrogens is 1. The van der Waals surface area contributed by atoms with E-state index in [4.69, 9.17) is 5.73 Å². The standard InChI is InChI=1S/C13H15FN4O/c1-8(19)16-6-7-18-13-12-9(4-5-17-13)10(14)2-3-11(12)15/h2-5H,6-7,15H2,1H3,(H,16,19)(H,17,18). The Morgan fingerprint density at radius 3 is 2.89 bits per heavy atom. The molecule has 1 aromatic heterocycles. The van der Waals surface area contributed by atoms with Crippen LogP contribution in [0.3, 0.4) is 0 Å². The van der Waals surface area contributed by atoms with Crippen LogP contribution in [0.25, 0.3) is 10.8 Å². The summed E-state index contributed by atoms with van der Waals surface area (Å²) in [5.41, 5.74) is 6.33. The summed E-state index contributed by atoms with van der Waals surface area (Å²) < 4.78 is 13.7. The van der Waals surface area contributed by atoms with Crippen LogP contribution in [0.15, 0.2) is 24.4 Å². The minimum Gasteiger partial charge on any atom is -0.398 e. The lowest BCUT2D eigenvalue weighted by molar-refractivity contribution is -0.118. The highest BCUT2D eigenvalue weighted by Crippen LogP contribution is 2.28. The predicted molar refractivity (Wildman–Crippen MR) is 73.3 cm³/mol. The number of hydrogen-bond acceptors (Lipinski definition) is 4. The first kappa shape index (κ1) is 13.1. The summed E-state index contributed by atoms with van der Waals surface area (Å²) in [5.74, 6) is 0.0783. The molecule has 5 nitrogen and oxygen atoms in total. The maximum Gasteiger partial charge on any atom is 0.216 e. The number of nitrogens with two attached hydrogens (primary N) is 1. The molecule has 0 unspecified atom stereocenters. The van der Waals surface area contributed by atoms with Gasteiger partial charge in [0.2, 0.25) is 5.91 Å². The van der Waals surface area contributed by atoms with Gasteiger partial charge in [-0.15, -0.1) is 0 Å². The summed E-state index contributed by atoms with van der Waals surface area (Å²) in [6, 6.07) is 4.43. The normalized spacial score (nSPS) is 10.4. The van der Waals surface area contributed by atoms with Crippen molar-refractivity contribution in [2.45, 2.75) is 6.92 Å². The Hall–Kier alpha value is -2.37. The van der Waals surface area contributed by atoms with E-state index < -0.39 is 0 Å². The fourth-order valence-electron chi connectivity index (χ4n) is 1.84. The van der Waals surface area contributed by atoms with Crippen LogP contribution in [0.4, 0.5) is 15.9 Å². The van der Waals surface area contributed by atoms with Crippen molar-refractivity contribution in [1.29, 1.82) is 0 Å². The number of nitrogens with zero attached hydrogens (tertiary/aromatic N) is 1. The van der Waals surface area contributed by atoms with E-state index in [1.54, 1.807) is 6.07 Å². The number of hydrogen-bond donors (Lipinski definition) is 3. The summed E-state index contributed by atoms with van der Waals surface area (Å²) >= 11 is 0. The van der Waals surface area contributed by atoms with E-state index in [2.05, 4.69) is 15.6 Å². The molecule has 1 heterocycles. The Balaban J connectivity index is 2.23. The monoisotopic (exact) mass is 262 g/mol. The van der Waals surface area contributed by atoms with E-state index in [-0.39, 0.29) is 11.7 Å². The topological polar surface area (TPSA) is 80.0 Å². The Labute approximate surface area is 110 Å². The lowest BCUT2D eigenvalue weighted by atomic mass is 10.1. The Morgan fingerprint density at radius 1 is 1.37 bits per heavy atom. The van der Waals surface area contributed by atoms with Crippen LogP contribution < -0.4 is 16.4 Å². The molecule has 2 rings (SSSR count). The van der Waals surface area contributed by atoms with Crippen molar-refractivity contribution in [3.8, 4) is 0 Å². The number of benzene rings is 1. The maximum atomic E-state index is 13.7. The van der Waals surface area contributed by atoms with Crippen LogP contribution in [0.5, 0.6) is 0 Å². The summed E-state index contributed by atoms with van der Waals surface area (Å²) in [5, 5.41) is 6.68. The Kier molecular flexibility index (Phi) is 3.79. The molecule has 0 saturated carbocycles. The molecule has 100 valence electrons. The highest BCUT2D eigenvalue weighted by Gasteiger charge is 2.09. The van der Waals surface area contributed by atoms with Gasteiger partial charge in [0.1, 0.15) is 11.6 Å². The molecule has 0 aliphatic heterocycles. The summed E-state index contributed by atoms with van der Waals surface area (Å²) in [7, 11) is 0. The third-order valence-electron chi connectivity index (χ3n) is 2.70. The first-order valence-electron chi connectivity index (χ1n) is 5.90. The summed E-state index contributed by atoms with van der Waals surface area (Å²) in [6.45, 7) is 2.40. The molecule has 0 fully saturated rings. The second kappa shape index (κ2) is 5.51. The first-order valence-corrected chi connectivity index (χ1v) is 5.90. The van der Waals surface area contributed by atoms with Crippen molar-refractivity contribution in [3.05, 3.63) is 30.2 Å². The van der Waals surface area contributed by atoms with E-state index in [1.165, 1.54) is 25.3 Å². The molecule has 0 bridgehead atoms. The molecule has 0 spiro atoms. The third kappa shape index (κ3) is 2.90. The zero-order valence-electron chi connectivity index (χ0n) is 10.5. The zero-order valence-corrected chi connectivity index (χ0v) is 10.5. The van der Waals surface area contributed by atoms with Gasteiger partial charge in [0, 0.05) is 37.3 Å². The van der Waals surface area contributed by atoms with E-state index in [9.17, 15) is 9.18 Å². The Bertz CT molecular complexity index is 615. The van der Waals surface area contributed by atoms with Crippen LogP contribution >= 0.6 is 0 Å². The van der Waals surface area contributed by atoms with Gasteiger partial charge >= 0.3 is 0 Å². The van der Waals surface area contributed by atoms with Crippen LogP contribution in [-0.2, 0) is 4.79 Å². The number of nitrogens with one attached hydrogen (secondary N) is 2. The van der Waals surface area contributed by atoms with Crippen LogP contribution in [-0.4, -0.2) is 24.0 Å². The van der Waals surface area contributed by atoms with Crippen molar-refractivity contribution in [3.63, 3.8) is 0 Å². The number of rotatable bonds is 4. The smallest absolute Gasteiger partial charge is 0.216 e. The number of fused-ring (bicyclic) bond motifs is 1. The molecule has 0 aliphatic rings. The molecule has 0 atom stereocenters. The number of anilines is 2. The molecular weight excluding hydrogens is 247 g/mol. The molecular formula is C13H15FN4O. The molecule has 4 N–H and O–H groups in total. The highest BCUT2D eigenvalue weighted by atomic mass is 19.1. The second-order valence-electron chi connectivity index (χ2n) is 4.13. The van der Waals surface area contributed by atoms with Crippen molar-refractivity contribution < 1.29 is 9.18 Å². The van der Waals surface area contributed by atoms with Crippen LogP contribution in [0, 0.1) is 5.82 Å². The van der Waals surface area contributed by atoms with Crippen molar-refractivity contribution in [2.24, 2.45) is 0 Å². The summed E-state index contributed by atoms with van der Waals surface area (Å²) in [6.07, 6.45) is 1.52. The van der Waals surface area contributed by atoms with Crippen LogP contribution in [0.1, 0.15) is 6.92 Å². The number of pyridine rings is 1. The van der Waals surface area contributed by atoms with Crippen molar-refractivity contribution >= 4 is 28.2 Å². The van der Waals surface area contributed by atoms with Crippen molar-refractivity contribution in [2.75, 3.05) is 24.1 Å². The minimum absolute atomic E-state index is 0.0989. The van der Waals surface area contributed by atoms with E-state index in [0.717, 1.165) is 0 Å². The zero-order chi connectivity index (χ0) is 13.8. The fourth-order valence-corrected chi connectivity index (χ4v) is 1.84. The average molecular weight is 262 g/mol. The van der Waals surface area contributed by atoms with Gasteiger partial charge in [-0.05, 0) is 18.2 Å².